The summed E-state index contributed by atoms with van der Waals surface area (Å²) in [5, 5.41) is 9.85. The van der Waals surface area contributed by atoms with Gasteiger partial charge in [-0.05, 0) is 24.1 Å². The summed E-state index contributed by atoms with van der Waals surface area (Å²) in [6.07, 6.45) is 6.16. The molecule has 0 radical (unpaired) electrons. The molecule has 0 aliphatic rings. The quantitative estimate of drug-likeness (QED) is 0.809. The molecule has 2 aromatic rings. The molecular formula is C15H21N5O. The fourth-order valence-corrected chi connectivity index (χ4v) is 1.97. The molecule has 2 heterocycles. The largest absolute Gasteiger partial charge is 0.338 e. The second-order valence-electron chi connectivity index (χ2n) is 5.04. The van der Waals surface area contributed by atoms with Gasteiger partial charge in [-0.15, -0.1) is 0 Å². The average molecular weight is 287 g/mol. The Bertz CT molecular complexity index is 526. The Morgan fingerprint density at radius 2 is 2.19 bits per heavy atom. The topological polar surface area (TPSA) is 71.8 Å². The minimum Gasteiger partial charge on any atom is -0.338 e. The molecule has 0 aromatic carbocycles. The number of hydrogen-bond donors (Lipinski definition) is 2. The van der Waals surface area contributed by atoms with Gasteiger partial charge in [0.05, 0.1) is 0 Å². The van der Waals surface area contributed by atoms with Gasteiger partial charge in [-0.3, -0.25) is 9.67 Å². The van der Waals surface area contributed by atoms with Crippen LogP contribution in [0, 0.1) is 5.92 Å². The summed E-state index contributed by atoms with van der Waals surface area (Å²) >= 11 is 0. The third-order valence-electron chi connectivity index (χ3n) is 3.06. The van der Waals surface area contributed by atoms with Crippen LogP contribution in [0.25, 0.3) is 0 Å². The van der Waals surface area contributed by atoms with Crippen molar-refractivity contribution in [2.24, 2.45) is 5.92 Å². The fourth-order valence-electron chi connectivity index (χ4n) is 1.97. The molecule has 0 spiro atoms. The maximum atomic E-state index is 11.7. The molecule has 6 heteroatoms. The molecule has 0 saturated heterocycles. The van der Waals surface area contributed by atoms with Gasteiger partial charge in [0, 0.05) is 50.3 Å². The average Bonchev–Trinajstić information content (AvgIpc) is 2.99. The Labute approximate surface area is 124 Å². The number of carbonyl (C=O) groups is 1. The van der Waals surface area contributed by atoms with Crippen molar-refractivity contribution >= 4 is 6.03 Å². The minimum absolute atomic E-state index is 0.141. The van der Waals surface area contributed by atoms with Crippen LogP contribution < -0.4 is 10.6 Å². The highest BCUT2D eigenvalue weighted by molar-refractivity contribution is 5.73. The van der Waals surface area contributed by atoms with Crippen LogP contribution >= 0.6 is 0 Å². The third-order valence-corrected chi connectivity index (χ3v) is 3.06. The van der Waals surface area contributed by atoms with Gasteiger partial charge in [-0.2, -0.15) is 5.10 Å². The van der Waals surface area contributed by atoms with Gasteiger partial charge in [-0.25, -0.2) is 4.79 Å². The normalized spacial score (nSPS) is 11.9. The van der Waals surface area contributed by atoms with E-state index in [0.717, 1.165) is 18.7 Å². The lowest BCUT2D eigenvalue weighted by Gasteiger charge is -2.13. The standard InChI is InChI=1S/C15H21N5O/c1-13(12-20-10-4-8-19-20)11-18-15(21)17-9-6-14-5-2-3-7-16-14/h2-5,7-8,10,13H,6,9,11-12H2,1H3,(H2,17,18,21). The molecule has 0 aliphatic heterocycles. The Kier molecular flexibility index (Phi) is 5.75. The van der Waals surface area contributed by atoms with Gasteiger partial charge in [0.1, 0.15) is 0 Å². The number of pyridine rings is 1. The number of rotatable bonds is 7. The van der Waals surface area contributed by atoms with E-state index in [1.54, 1.807) is 12.4 Å². The van der Waals surface area contributed by atoms with Gasteiger partial charge >= 0.3 is 6.03 Å². The highest BCUT2D eigenvalue weighted by atomic mass is 16.2. The van der Waals surface area contributed by atoms with Crippen LogP contribution in [0.4, 0.5) is 4.79 Å². The lowest BCUT2D eigenvalue weighted by atomic mass is 10.2. The van der Waals surface area contributed by atoms with Crippen LogP contribution in [0.15, 0.2) is 42.9 Å². The van der Waals surface area contributed by atoms with Crippen molar-refractivity contribution in [3.63, 3.8) is 0 Å². The number of carbonyl (C=O) groups excluding carboxylic acids is 1. The van der Waals surface area contributed by atoms with Crippen molar-refractivity contribution < 1.29 is 4.79 Å². The molecule has 0 fully saturated rings. The highest BCUT2D eigenvalue weighted by Crippen LogP contribution is 1.97. The van der Waals surface area contributed by atoms with E-state index in [0.29, 0.717) is 19.0 Å². The van der Waals surface area contributed by atoms with Crippen LogP contribution in [0.1, 0.15) is 12.6 Å². The first-order valence-electron chi connectivity index (χ1n) is 7.13. The molecule has 6 nitrogen and oxygen atoms in total. The van der Waals surface area contributed by atoms with Gasteiger partial charge in [0.15, 0.2) is 0 Å². The maximum Gasteiger partial charge on any atom is 0.314 e. The molecule has 112 valence electrons. The minimum atomic E-state index is -0.141. The summed E-state index contributed by atoms with van der Waals surface area (Å²) in [7, 11) is 0. The molecule has 1 atom stereocenters. The molecule has 0 aliphatic carbocycles. The smallest absolute Gasteiger partial charge is 0.314 e. The van der Waals surface area contributed by atoms with Gasteiger partial charge < -0.3 is 10.6 Å². The molecule has 2 aromatic heterocycles. The molecule has 1 unspecified atom stereocenters. The summed E-state index contributed by atoms with van der Waals surface area (Å²) < 4.78 is 1.87. The summed E-state index contributed by atoms with van der Waals surface area (Å²) in [6, 6.07) is 7.53. The van der Waals surface area contributed by atoms with Crippen LogP contribution in [-0.2, 0) is 13.0 Å². The number of urea groups is 1. The fraction of sp³-hybridized carbons (Fsp3) is 0.400. The first-order valence-corrected chi connectivity index (χ1v) is 7.13. The van der Waals surface area contributed by atoms with E-state index in [1.165, 1.54) is 0 Å². The van der Waals surface area contributed by atoms with Crippen molar-refractivity contribution in [3.8, 4) is 0 Å². The number of amides is 2. The molecule has 2 amide bonds. The van der Waals surface area contributed by atoms with Crippen molar-refractivity contribution in [1.82, 2.24) is 25.4 Å². The first-order chi connectivity index (χ1) is 10.2. The molecule has 0 saturated carbocycles. The van der Waals surface area contributed by atoms with Crippen molar-refractivity contribution in [2.45, 2.75) is 19.9 Å². The molecule has 2 rings (SSSR count). The number of hydrogen-bond acceptors (Lipinski definition) is 3. The third kappa shape index (κ3) is 5.64. The zero-order valence-corrected chi connectivity index (χ0v) is 12.2. The summed E-state index contributed by atoms with van der Waals surface area (Å²) in [6.45, 7) is 4.07. The van der Waals surface area contributed by atoms with E-state index in [1.807, 2.05) is 35.1 Å². The van der Waals surface area contributed by atoms with Crippen molar-refractivity contribution in [1.29, 1.82) is 0 Å². The predicted octanol–water partition coefficient (Wildman–Crippen LogP) is 1.46. The van der Waals surface area contributed by atoms with E-state index < -0.39 is 0 Å². The van der Waals surface area contributed by atoms with Crippen LogP contribution in [-0.4, -0.2) is 33.9 Å². The lowest BCUT2D eigenvalue weighted by molar-refractivity contribution is 0.238. The van der Waals surface area contributed by atoms with Crippen LogP contribution in [0.5, 0.6) is 0 Å². The van der Waals surface area contributed by atoms with E-state index in [2.05, 4.69) is 27.6 Å². The SMILES string of the molecule is CC(CNC(=O)NCCc1ccccn1)Cn1cccn1. The van der Waals surface area contributed by atoms with Crippen LogP contribution in [0.3, 0.4) is 0 Å². The number of nitrogens with one attached hydrogen (secondary N) is 2. The second kappa shape index (κ2) is 8.04. The maximum absolute atomic E-state index is 11.7. The number of nitrogens with zero attached hydrogens (tertiary/aromatic N) is 3. The van der Waals surface area contributed by atoms with Gasteiger partial charge in [0.25, 0.3) is 0 Å². The zero-order valence-electron chi connectivity index (χ0n) is 12.2. The molecule has 0 bridgehead atoms. The van der Waals surface area contributed by atoms with E-state index in [-0.39, 0.29) is 6.03 Å². The van der Waals surface area contributed by atoms with E-state index in [4.69, 9.17) is 0 Å². The van der Waals surface area contributed by atoms with Gasteiger partial charge in [0.2, 0.25) is 0 Å². The Morgan fingerprint density at radius 3 is 2.90 bits per heavy atom. The number of aromatic nitrogens is 3. The van der Waals surface area contributed by atoms with Gasteiger partial charge in [-0.1, -0.05) is 13.0 Å². The summed E-state index contributed by atoms with van der Waals surface area (Å²) in [4.78, 5) is 15.9. The van der Waals surface area contributed by atoms with Crippen molar-refractivity contribution in [3.05, 3.63) is 48.5 Å². The second-order valence-corrected chi connectivity index (χ2v) is 5.04. The summed E-state index contributed by atoms with van der Waals surface area (Å²) in [5.74, 6) is 0.325. The molecule has 21 heavy (non-hydrogen) atoms. The first kappa shape index (κ1) is 15.0. The van der Waals surface area contributed by atoms with E-state index in [9.17, 15) is 4.79 Å². The van der Waals surface area contributed by atoms with Crippen LogP contribution in [0.2, 0.25) is 0 Å². The van der Waals surface area contributed by atoms with E-state index >= 15 is 0 Å². The highest BCUT2D eigenvalue weighted by Gasteiger charge is 2.06. The Hall–Kier alpha value is -2.37. The molecular weight excluding hydrogens is 266 g/mol. The monoisotopic (exact) mass is 287 g/mol. The Balaban J connectivity index is 1.59. The molecule has 2 N–H and O–H groups in total. The summed E-state index contributed by atoms with van der Waals surface area (Å²) in [5.41, 5.74) is 0.977. The zero-order chi connectivity index (χ0) is 14.9. The lowest BCUT2D eigenvalue weighted by Crippen LogP contribution is -2.39. The predicted molar refractivity (Wildman–Crippen MR) is 80.7 cm³/mol. The van der Waals surface area contributed by atoms with Crippen molar-refractivity contribution in [2.75, 3.05) is 13.1 Å². The Morgan fingerprint density at radius 1 is 1.29 bits per heavy atom.